The van der Waals surface area contributed by atoms with E-state index in [2.05, 4.69) is 20.8 Å². The Kier molecular flexibility index (Phi) is 4.33. The van der Waals surface area contributed by atoms with Crippen LogP contribution < -0.4 is 0 Å². The first-order valence-corrected chi connectivity index (χ1v) is 7.74. The molecule has 2 aliphatic carbocycles. The summed E-state index contributed by atoms with van der Waals surface area (Å²) in [7, 11) is 0. The first kappa shape index (κ1) is 12.5. The largest absolute Gasteiger partial charge is 0.0651 e. The maximum atomic E-state index is 2.46. The highest BCUT2D eigenvalue weighted by atomic mass is 14.4. The summed E-state index contributed by atoms with van der Waals surface area (Å²) in [5.41, 5.74) is 0. The van der Waals surface area contributed by atoms with Crippen LogP contribution in [0.5, 0.6) is 0 Å². The van der Waals surface area contributed by atoms with Crippen molar-refractivity contribution in [1.29, 1.82) is 0 Å². The van der Waals surface area contributed by atoms with E-state index < -0.39 is 0 Å². The lowest BCUT2D eigenvalue weighted by atomic mass is 9.66. The zero-order chi connectivity index (χ0) is 11.5. The van der Waals surface area contributed by atoms with Crippen molar-refractivity contribution in [2.75, 3.05) is 0 Å². The molecule has 0 aromatic rings. The van der Waals surface area contributed by atoms with Crippen LogP contribution in [-0.4, -0.2) is 0 Å². The normalized spacial score (nSPS) is 44.8. The minimum absolute atomic E-state index is 1.02. The van der Waals surface area contributed by atoms with E-state index >= 15 is 0 Å². The van der Waals surface area contributed by atoms with E-state index in [1.54, 1.807) is 12.8 Å². The van der Waals surface area contributed by atoms with Crippen molar-refractivity contribution in [2.24, 2.45) is 29.6 Å². The molecule has 5 atom stereocenters. The van der Waals surface area contributed by atoms with Crippen LogP contribution in [0.15, 0.2) is 0 Å². The molecule has 0 aromatic carbocycles. The highest BCUT2D eigenvalue weighted by molar-refractivity contribution is 4.87. The van der Waals surface area contributed by atoms with Gasteiger partial charge in [-0.2, -0.15) is 0 Å². The molecule has 0 N–H and O–H groups in total. The summed E-state index contributed by atoms with van der Waals surface area (Å²) in [6.07, 6.45) is 12.1. The molecule has 0 heteroatoms. The van der Waals surface area contributed by atoms with Gasteiger partial charge < -0.3 is 0 Å². The van der Waals surface area contributed by atoms with Crippen LogP contribution in [-0.2, 0) is 0 Å². The third kappa shape index (κ3) is 2.63. The Balaban J connectivity index is 1.97. The quantitative estimate of drug-likeness (QED) is 0.610. The van der Waals surface area contributed by atoms with Crippen LogP contribution in [0.25, 0.3) is 0 Å². The molecule has 0 aliphatic heterocycles. The molecule has 2 fully saturated rings. The van der Waals surface area contributed by atoms with Crippen molar-refractivity contribution in [3.63, 3.8) is 0 Å². The average Bonchev–Trinajstić information content (AvgIpc) is 2.75. The lowest BCUT2D eigenvalue weighted by Gasteiger charge is -2.39. The molecule has 16 heavy (non-hydrogen) atoms. The van der Waals surface area contributed by atoms with Gasteiger partial charge in [0.1, 0.15) is 0 Å². The smallest absolute Gasteiger partial charge is 0.0355 e. The van der Waals surface area contributed by atoms with Crippen molar-refractivity contribution < 1.29 is 0 Å². The summed E-state index contributed by atoms with van der Waals surface area (Å²) >= 11 is 0. The van der Waals surface area contributed by atoms with E-state index in [1.165, 1.54) is 38.5 Å². The minimum Gasteiger partial charge on any atom is -0.0651 e. The number of rotatable bonds is 3. The monoisotopic (exact) mass is 222 g/mol. The van der Waals surface area contributed by atoms with Gasteiger partial charge in [-0.1, -0.05) is 46.5 Å². The maximum absolute atomic E-state index is 2.46. The van der Waals surface area contributed by atoms with Gasteiger partial charge >= 0.3 is 0 Å². The van der Waals surface area contributed by atoms with Crippen LogP contribution in [0.2, 0.25) is 0 Å². The summed E-state index contributed by atoms with van der Waals surface area (Å²) < 4.78 is 0. The lowest BCUT2D eigenvalue weighted by Crippen LogP contribution is -2.29. The van der Waals surface area contributed by atoms with Crippen molar-refractivity contribution in [1.82, 2.24) is 0 Å². The Morgan fingerprint density at radius 3 is 2.25 bits per heavy atom. The highest BCUT2D eigenvalue weighted by Crippen LogP contribution is 2.47. The number of hydrogen-bond donors (Lipinski definition) is 0. The second kappa shape index (κ2) is 5.56. The third-order valence-electron chi connectivity index (χ3n) is 5.60. The summed E-state index contributed by atoms with van der Waals surface area (Å²) in [5, 5.41) is 0. The van der Waals surface area contributed by atoms with Gasteiger partial charge in [0.2, 0.25) is 0 Å². The summed E-state index contributed by atoms with van der Waals surface area (Å²) in [6.45, 7) is 7.27. The minimum atomic E-state index is 1.02. The zero-order valence-corrected chi connectivity index (χ0v) is 11.5. The van der Waals surface area contributed by atoms with Gasteiger partial charge in [0, 0.05) is 0 Å². The van der Waals surface area contributed by atoms with Gasteiger partial charge in [-0.25, -0.2) is 0 Å². The molecule has 0 amide bonds. The Bertz CT molecular complexity index is 208. The van der Waals surface area contributed by atoms with E-state index in [-0.39, 0.29) is 0 Å². The van der Waals surface area contributed by atoms with E-state index in [0.717, 1.165) is 29.6 Å². The molecule has 0 radical (unpaired) electrons. The summed E-state index contributed by atoms with van der Waals surface area (Å²) in [6, 6.07) is 0. The molecule has 0 bridgehead atoms. The molecule has 0 aromatic heterocycles. The molecule has 0 spiro atoms. The zero-order valence-electron chi connectivity index (χ0n) is 11.5. The van der Waals surface area contributed by atoms with E-state index in [9.17, 15) is 0 Å². The second-order valence-corrected chi connectivity index (χ2v) is 6.60. The molecule has 2 rings (SSSR count). The van der Waals surface area contributed by atoms with Crippen molar-refractivity contribution in [3.8, 4) is 0 Å². The first-order valence-electron chi connectivity index (χ1n) is 7.74. The predicted molar refractivity (Wildman–Crippen MR) is 71.4 cm³/mol. The number of hydrogen-bond acceptors (Lipinski definition) is 0. The van der Waals surface area contributed by atoms with Gasteiger partial charge in [0.05, 0.1) is 0 Å². The van der Waals surface area contributed by atoms with Gasteiger partial charge in [-0.3, -0.25) is 0 Å². The summed E-state index contributed by atoms with van der Waals surface area (Å²) in [4.78, 5) is 0. The molecule has 0 heterocycles. The van der Waals surface area contributed by atoms with Crippen molar-refractivity contribution in [2.45, 2.75) is 72.1 Å². The van der Waals surface area contributed by atoms with Crippen molar-refractivity contribution in [3.05, 3.63) is 0 Å². The Labute approximate surface area is 102 Å². The maximum Gasteiger partial charge on any atom is -0.0355 e. The molecule has 2 aliphatic rings. The summed E-state index contributed by atoms with van der Waals surface area (Å²) in [5.74, 6) is 5.33. The lowest BCUT2D eigenvalue weighted by molar-refractivity contribution is 0.114. The predicted octanol–water partition coefficient (Wildman–Crippen LogP) is 5.28. The molecule has 94 valence electrons. The molecular formula is C16H30. The fraction of sp³-hybridized carbons (Fsp3) is 1.00. The second-order valence-electron chi connectivity index (χ2n) is 6.60. The van der Waals surface area contributed by atoms with E-state index in [0.29, 0.717) is 0 Å². The first-order chi connectivity index (χ1) is 7.74. The van der Waals surface area contributed by atoms with Crippen LogP contribution in [0.1, 0.15) is 72.1 Å². The fourth-order valence-corrected chi connectivity index (χ4v) is 4.45. The van der Waals surface area contributed by atoms with Crippen molar-refractivity contribution >= 4 is 0 Å². The Hall–Kier alpha value is 0. The van der Waals surface area contributed by atoms with Crippen LogP contribution in [0.4, 0.5) is 0 Å². The Morgan fingerprint density at radius 1 is 0.875 bits per heavy atom. The van der Waals surface area contributed by atoms with Crippen LogP contribution in [0, 0.1) is 29.6 Å². The van der Waals surface area contributed by atoms with E-state index in [4.69, 9.17) is 0 Å². The average molecular weight is 222 g/mol. The topological polar surface area (TPSA) is 0 Å². The fourth-order valence-electron chi connectivity index (χ4n) is 4.45. The molecule has 5 unspecified atom stereocenters. The van der Waals surface area contributed by atoms with Gasteiger partial charge in [-0.15, -0.1) is 0 Å². The van der Waals surface area contributed by atoms with Crippen LogP contribution in [0.3, 0.4) is 0 Å². The highest BCUT2D eigenvalue weighted by Gasteiger charge is 2.36. The molecule has 2 saturated carbocycles. The van der Waals surface area contributed by atoms with Gasteiger partial charge in [0.25, 0.3) is 0 Å². The SMILES string of the molecule is CCC1CCC(CC)C(C2CCC(C)C2)C1. The molecular weight excluding hydrogens is 192 g/mol. The standard InChI is InChI=1S/C16H30/c1-4-13-7-9-14(5-2)16(11-13)15-8-6-12(3)10-15/h12-16H,4-11H2,1-3H3. The molecule has 0 saturated heterocycles. The van der Waals surface area contributed by atoms with Gasteiger partial charge in [0.15, 0.2) is 0 Å². The van der Waals surface area contributed by atoms with Crippen LogP contribution >= 0.6 is 0 Å². The van der Waals surface area contributed by atoms with E-state index in [1.807, 2.05) is 0 Å². The molecule has 0 nitrogen and oxygen atoms in total. The third-order valence-corrected chi connectivity index (χ3v) is 5.60. The Morgan fingerprint density at radius 2 is 1.69 bits per heavy atom. The van der Waals surface area contributed by atoms with Gasteiger partial charge in [-0.05, 0) is 55.3 Å².